The monoisotopic (exact) mass is 198 g/mol. The van der Waals surface area contributed by atoms with Crippen LogP contribution in [0.25, 0.3) is 0 Å². The van der Waals surface area contributed by atoms with E-state index in [9.17, 15) is 4.79 Å². The van der Waals surface area contributed by atoms with Gasteiger partial charge in [0.05, 0.1) is 0 Å². The maximum atomic E-state index is 11.4. The lowest BCUT2D eigenvalue weighted by Crippen LogP contribution is -2.95. The van der Waals surface area contributed by atoms with Crippen molar-refractivity contribution in [2.45, 2.75) is 6.42 Å². The predicted molar refractivity (Wildman–Crippen MR) is 50.5 cm³/mol. The summed E-state index contributed by atoms with van der Waals surface area (Å²) in [6.45, 7) is 0. The van der Waals surface area contributed by atoms with Crippen molar-refractivity contribution in [3.8, 4) is 5.18 Å². The third-order valence-corrected chi connectivity index (χ3v) is 2.90. The highest BCUT2D eigenvalue weighted by Gasteiger charge is 2.24. The molecule has 5 N–H and O–H groups in total. The minimum Gasteiger partial charge on any atom is -0.460 e. The standard InChI is InChI=1S/C7H9N4OS/c1-13-3-2-4-5(11-13)9-7(8)10-6(4)12/h2H2,1H3,(H4,8,9,10,11,12)/q-1/p+1. The Labute approximate surface area is 77.8 Å². The first-order valence-corrected chi connectivity index (χ1v) is 5.42. The molecule has 0 aromatic carbocycles. The van der Waals surface area contributed by atoms with Gasteiger partial charge in [0.15, 0.2) is 0 Å². The van der Waals surface area contributed by atoms with Crippen LogP contribution in [-0.4, -0.2) is 18.1 Å². The van der Waals surface area contributed by atoms with E-state index >= 15 is 0 Å². The molecule has 70 valence electrons. The van der Waals surface area contributed by atoms with Crippen LogP contribution in [0.2, 0.25) is 0 Å². The number of primary amides is 1. The molecule has 2 aliphatic rings. The van der Waals surface area contributed by atoms with Gasteiger partial charge in [-0.05, 0) is 0 Å². The van der Waals surface area contributed by atoms with Crippen LogP contribution >= 0.6 is 0 Å². The van der Waals surface area contributed by atoms with Crippen LogP contribution < -0.4 is 15.8 Å². The van der Waals surface area contributed by atoms with Crippen molar-refractivity contribution < 1.29 is 10.1 Å². The second kappa shape index (κ2) is 2.92. The van der Waals surface area contributed by atoms with Gasteiger partial charge in [-0.1, -0.05) is 0 Å². The summed E-state index contributed by atoms with van der Waals surface area (Å²) in [7, 11) is -0.125. The first-order valence-electron chi connectivity index (χ1n) is 3.79. The lowest BCUT2D eigenvalue weighted by atomic mass is 10.2. The molecule has 0 unspecified atom stereocenters. The smallest absolute Gasteiger partial charge is 0.350 e. The number of hydrogen-bond donors (Lipinski definition) is 3. The maximum absolute atomic E-state index is 11.4. The lowest BCUT2D eigenvalue weighted by molar-refractivity contribution is -0.451. The summed E-state index contributed by atoms with van der Waals surface area (Å²) >= 11 is 0. The summed E-state index contributed by atoms with van der Waals surface area (Å²) in [5.41, 5.74) is 6.13. The largest absolute Gasteiger partial charge is 0.460 e. The SMILES string of the molecule is C[S-]1#CCC2=C(N=C(N)[NH2+]C2=O)N1. The molecule has 0 saturated heterocycles. The fourth-order valence-electron chi connectivity index (χ4n) is 1.18. The molecule has 0 aliphatic carbocycles. The van der Waals surface area contributed by atoms with Gasteiger partial charge in [0.1, 0.15) is 11.4 Å². The fraction of sp³-hybridized carbons (Fsp3) is 0.286. The minimum atomic E-state index is -0.125. The number of rotatable bonds is 0. The van der Waals surface area contributed by atoms with Gasteiger partial charge in [0.2, 0.25) is 0 Å². The van der Waals surface area contributed by atoms with E-state index in [1.165, 1.54) is 5.32 Å². The Morgan fingerprint density at radius 3 is 3.31 bits per heavy atom. The van der Waals surface area contributed by atoms with Crippen LogP contribution in [0.1, 0.15) is 6.42 Å². The van der Waals surface area contributed by atoms with E-state index in [0.29, 0.717) is 17.8 Å². The zero-order valence-electron chi connectivity index (χ0n) is 7.13. The molecule has 0 saturated carbocycles. The predicted octanol–water partition coefficient (Wildman–Crippen LogP) is -2.27. The van der Waals surface area contributed by atoms with Crippen molar-refractivity contribution in [3.05, 3.63) is 11.4 Å². The van der Waals surface area contributed by atoms with Crippen LogP contribution in [0.4, 0.5) is 0 Å². The van der Waals surface area contributed by atoms with E-state index in [2.05, 4.69) is 14.9 Å². The van der Waals surface area contributed by atoms with E-state index in [0.717, 1.165) is 0 Å². The van der Waals surface area contributed by atoms with E-state index in [4.69, 9.17) is 5.73 Å². The van der Waals surface area contributed by atoms with Gasteiger partial charge in [-0.2, -0.15) is 4.99 Å². The molecular formula is C7H10N4OS. The highest BCUT2D eigenvalue weighted by atomic mass is 32.2. The average molecular weight is 198 g/mol. The van der Waals surface area contributed by atoms with Gasteiger partial charge in [-0.15, -0.1) is 6.26 Å². The molecule has 5 nitrogen and oxygen atoms in total. The topological polar surface area (TPSA) is 84.1 Å². The number of carbonyl (C=O) groups excluding carboxylic acids is 1. The van der Waals surface area contributed by atoms with Gasteiger partial charge in [-0.3, -0.25) is 5.18 Å². The van der Waals surface area contributed by atoms with E-state index in [-0.39, 0.29) is 22.4 Å². The highest BCUT2D eigenvalue weighted by Crippen LogP contribution is 2.12. The van der Waals surface area contributed by atoms with Crippen LogP contribution in [0.5, 0.6) is 0 Å². The van der Waals surface area contributed by atoms with E-state index in [1.54, 1.807) is 0 Å². The molecule has 0 aromatic rings. The Balaban J connectivity index is 2.40. The molecule has 1 amide bonds. The van der Waals surface area contributed by atoms with Crippen molar-refractivity contribution in [1.82, 2.24) is 4.72 Å². The summed E-state index contributed by atoms with van der Waals surface area (Å²) < 4.78 is 3.07. The number of nitrogens with one attached hydrogen (secondary N) is 1. The van der Waals surface area contributed by atoms with Gasteiger partial charge in [0, 0.05) is 6.42 Å². The molecule has 0 aromatic heterocycles. The summed E-state index contributed by atoms with van der Waals surface area (Å²) in [6.07, 6.45) is 2.55. The number of nitrogens with two attached hydrogens (primary N) is 2. The maximum Gasteiger partial charge on any atom is 0.350 e. The van der Waals surface area contributed by atoms with Crippen molar-refractivity contribution in [2.75, 3.05) is 6.26 Å². The third-order valence-electron chi connectivity index (χ3n) is 1.82. The molecule has 2 rings (SSSR count). The number of hydrogen-bond acceptors (Lipinski definition) is 5. The molecular weight excluding hydrogens is 188 g/mol. The van der Waals surface area contributed by atoms with Gasteiger partial charge < -0.3 is 20.9 Å². The number of carbonyl (C=O) groups is 1. The number of nitrogens with zero attached hydrogens (tertiary/aromatic N) is 1. The number of guanidine groups is 1. The van der Waals surface area contributed by atoms with Crippen LogP contribution in [-0.2, 0) is 15.3 Å². The third kappa shape index (κ3) is 1.47. The van der Waals surface area contributed by atoms with Crippen molar-refractivity contribution in [3.63, 3.8) is 0 Å². The Kier molecular flexibility index (Phi) is 1.88. The Bertz CT molecular complexity index is 423. The molecule has 0 fully saturated rings. The van der Waals surface area contributed by atoms with E-state index in [1.807, 2.05) is 6.26 Å². The first-order chi connectivity index (χ1) is 6.16. The van der Waals surface area contributed by atoms with Gasteiger partial charge in [-0.25, -0.2) is 10.1 Å². The van der Waals surface area contributed by atoms with Crippen LogP contribution in [0.3, 0.4) is 0 Å². The Morgan fingerprint density at radius 1 is 1.77 bits per heavy atom. The summed E-state index contributed by atoms with van der Waals surface area (Å²) in [4.78, 5) is 15.5. The van der Waals surface area contributed by atoms with Crippen molar-refractivity contribution in [2.24, 2.45) is 10.7 Å². The molecule has 13 heavy (non-hydrogen) atoms. The number of aliphatic imine (C=N–C) groups is 1. The van der Waals surface area contributed by atoms with Crippen molar-refractivity contribution >= 4 is 22.4 Å². The normalized spacial score (nSPS) is 22.5. The Morgan fingerprint density at radius 2 is 2.54 bits per heavy atom. The summed E-state index contributed by atoms with van der Waals surface area (Å²) in [5, 5.41) is 4.48. The second-order valence-corrected chi connectivity index (χ2v) is 4.32. The zero-order chi connectivity index (χ0) is 9.42. The summed E-state index contributed by atoms with van der Waals surface area (Å²) in [5.74, 6) is 0.837. The molecule has 2 aliphatic heterocycles. The van der Waals surface area contributed by atoms with Crippen molar-refractivity contribution in [1.29, 1.82) is 0 Å². The fourth-order valence-corrected chi connectivity index (χ4v) is 2.08. The van der Waals surface area contributed by atoms with Crippen LogP contribution in [0.15, 0.2) is 16.4 Å². The summed E-state index contributed by atoms with van der Waals surface area (Å²) in [6, 6.07) is 0. The van der Waals surface area contributed by atoms with Gasteiger partial charge in [0.25, 0.3) is 0 Å². The average Bonchev–Trinajstić information content (AvgIpc) is 2.02. The lowest BCUT2D eigenvalue weighted by Gasteiger charge is -2.25. The molecule has 0 atom stereocenters. The molecule has 0 bridgehead atoms. The first kappa shape index (κ1) is 8.37. The quantitative estimate of drug-likeness (QED) is 0.384. The molecule has 6 heteroatoms. The Hall–Kier alpha value is -1.23. The number of quaternary nitrogens is 1. The minimum absolute atomic E-state index is 0.0563. The molecule has 2 heterocycles. The number of amides is 1. The molecule has 0 radical (unpaired) electrons. The van der Waals surface area contributed by atoms with Gasteiger partial charge >= 0.3 is 11.9 Å². The highest BCUT2D eigenvalue weighted by molar-refractivity contribution is 7.84. The second-order valence-electron chi connectivity index (χ2n) is 2.81. The zero-order valence-corrected chi connectivity index (χ0v) is 7.94. The van der Waals surface area contributed by atoms with E-state index < -0.39 is 0 Å². The molecule has 0 spiro atoms. The van der Waals surface area contributed by atoms with Crippen LogP contribution in [0, 0.1) is 5.18 Å².